The van der Waals surface area contributed by atoms with E-state index in [9.17, 15) is 9.59 Å². The van der Waals surface area contributed by atoms with Crippen molar-refractivity contribution >= 4 is 34.0 Å². The SMILES string of the molecule is COc1cc(C(=O)NCC(=O)NN=Cc2cc(Br)ccc2OCc2ccccc2)cc(OC)c1OC. The van der Waals surface area contributed by atoms with Gasteiger partial charge in [-0.3, -0.25) is 9.59 Å². The maximum absolute atomic E-state index is 12.5. The van der Waals surface area contributed by atoms with E-state index < -0.39 is 11.8 Å². The topological polar surface area (TPSA) is 107 Å². The lowest BCUT2D eigenvalue weighted by molar-refractivity contribution is -0.120. The van der Waals surface area contributed by atoms with E-state index in [2.05, 4.69) is 31.8 Å². The fraction of sp³-hybridized carbons (Fsp3) is 0.192. The van der Waals surface area contributed by atoms with Crippen LogP contribution < -0.4 is 29.7 Å². The monoisotopic (exact) mass is 555 g/mol. The molecular weight excluding hydrogens is 530 g/mol. The Morgan fingerprint density at radius 1 is 0.917 bits per heavy atom. The summed E-state index contributed by atoms with van der Waals surface area (Å²) in [6, 6.07) is 18.3. The van der Waals surface area contributed by atoms with Crippen molar-refractivity contribution in [1.29, 1.82) is 0 Å². The van der Waals surface area contributed by atoms with Crippen LogP contribution in [0, 0.1) is 0 Å². The third-order valence-electron chi connectivity index (χ3n) is 4.94. The number of rotatable bonds is 11. The summed E-state index contributed by atoms with van der Waals surface area (Å²) >= 11 is 3.43. The molecule has 0 fully saturated rings. The fourth-order valence-corrected chi connectivity index (χ4v) is 3.55. The number of nitrogens with zero attached hydrogens (tertiary/aromatic N) is 1. The van der Waals surface area contributed by atoms with Crippen molar-refractivity contribution in [3.05, 3.63) is 81.8 Å². The van der Waals surface area contributed by atoms with Gasteiger partial charge in [0, 0.05) is 15.6 Å². The molecule has 0 aliphatic heterocycles. The average Bonchev–Trinajstić information content (AvgIpc) is 2.90. The number of amides is 2. The number of hydrazone groups is 1. The Hall–Kier alpha value is -4.05. The molecule has 0 saturated carbocycles. The van der Waals surface area contributed by atoms with Crippen LogP contribution in [0.15, 0.2) is 70.2 Å². The van der Waals surface area contributed by atoms with Gasteiger partial charge >= 0.3 is 0 Å². The van der Waals surface area contributed by atoms with Crippen molar-refractivity contribution in [3.63, 3.8) is 0 Å². The maximum Gasteiger partial charge on any atom is 0.259 e. The molecule has 0 atom stereocenters. The van der Waals surface area contributed by atoms with Gasteiger partial charge in [0.05, 0.1) is 34.1 Å². The Labute approximate surface area is 217 Å². The highest BCUT2D eigenvalue weighted by Gasteiger charge is 2.17. The zero-order valence-corrected chi connectivity index (χ0v) is 21.6. The van der Waals surface area contributed by atoms with Crippen molar-refractivity contribution in [2.45, 2.75) is 6.61 Å². The second-order valence-corrected chi connectivity index (χ2v) is 8.26. The number of hydrogen-bond acceptors (Lipinski definition) is 7. The van der Waals surface area contributed by atoms with Crippen LogP contribution in [0.25, 0.3) is 0 Å². The zero-order chi connectivity index (χ0) is 25.9. The summed E-state index contributed by atoms with van der Waals surface area (Å²) in [6.45, 7) is 0.102. The minimum Gasteiger partial charge on any atom is -0.493 e. The Bertz CT molecular complexity index is 1210. The molecule has 2 N–H and O–H groups in total. The van der Waals surface area contributed by atoms with Crippen LogP contribution in [-0.2, 0) is 11.4 Å². The molecule has 0 aromatic heterocycles. The van der Waals surface area contributed by atoms with Gasteiger partial charge in [0.15, 0.2) is 11.5 Å². The molecule has 10 heteroatoms. The number of halogens is 1. The van der Waals surface area contributed by atoms with E-state index in [-0.39, 0.29) is 12.1 Å². The van der Waals surface area contributed by atoms with Gasteiger partial charge < -0.3 is 24.3 Å². The molecule has 0 saturated heterocycles. The molecule has 9 nitrogen and oxygen atoms in total. The third-order valence-corrected chi connectivity index (χ3v) is 5.43. The Morgan fingerprint density at radius 3 is 2.25 bits per heavy atom. The summed E-state index contributed by atoms with van der Waals surface area (Å²) in [7, 11) is 4.37. The molecular formula is C26H26BrN3O6. The van der Waals surface area contributed by atoms with Crippen LogP contribution in [0.5, 0.6) is 23.0 Å². The fourth-order valence-electron chi connectivity index (χ4n) is 3.18. The van der Waals surface area contributed by atoms with E-state index >= 15 is 0 Å². The Balaban J connectivity index is 1.58. The molecule has 0 heterocycles. The lowest BCUT2D eigenvalue weighted by Crippen LogP contribution is -2.35. The van der Waals surface area contributed by atoms with E-state index in [0.29, 0.717) is 35.2 Å². The molecule has 188 valence electrons. The molecule has 0 aliphatic carbocycles. The van der Waals surface area contributed by atoms with Crippen LogP contribution in [0.3, 0.4) is 0 Å². The summed E-state index contributed by atoms with van der Waals surface area (Å²) in [5.74, 6) is 0.635. The number of ether oxygens (including phenoxy) is 4. The summed E-state index contributed by atoms with van der Waals surface area (Å²) in [6.07, 6.45) is 1.48. The average molecular weight is 556 g/mol. The third kappa shape index (κ3) is 7.22. The van der Waals surface area contributed by atoms with Gasteiger partial charge in [-0.05, 0) is 35.9 Å². The summed E-state index contributed by atoms with van der Waals surface area (Å²) < 4.78 is 22.5. The predicted octanol–water partition coefficient (Wildman–Crippen LogP) is 3.93. The molecule has 0 bridgehead atoms. The summed E-state index contributed by atoms with van der Waals surface area (Å²) in [5.41, 5.74) is 4.34. The molecule has 2 amide bonds. The highest BCUT2D eigenvalue weighted by molar-refractivity contribution is 9.10. The van der Waals surface area contributed by atoms with Gasteiger partial charge in [0.25, 0.3) is 11.8 Å². The number of nitrogens with one attached hydrogen (secondary N) is 2. The van der Waals surface area contributed by atoms with Crippen molar-refractivity contribution in [2.24, 2.45) is 5.10 Å². The van der Waals surface area contributed by atoms with Crippen molar-refractivity contribution in [1.82, 2.24) is 10.7 Å². The number of carbonyl (C=O) groups is 2. The van der Waals surface area contributed by atoms with Gasteiger partial charge in [-0.1, -0.05) is 46.3 Å². The van der Waals surface area contributed by atoms with Gasteiger partial charge in [-0.25, -0.2) is 5.43 Å². The molecule has 0 unspecified atom stereocenters. The van der Waals surface area contributed by atoms with Gasteiger partial charge in [0.2, 0.25) is 5.75 Å². The van der Waals surface area contributed by atoms with Crippen molar-refractivity contribution in [3.8, 4) is 23.0 Å². The predicted molar refractivity (Wildman–Crippen MR) is 139 cm³/mol. The molecule has 0 aliphatic rings. The van der Waals surface area contributed by atoms with E-state index in [4.69, 9.17) is 18.9 Å². The van der Waals surface area contributed by atoms with Crippen molar-refractivity contribution < 1.29 is 28.5 Å². The van der Waals surface area contributed by atoms with E-state index in [0.717, 1.165) is 10.0 Å². The van der Waals surface area contributed by atoms with E-state index in [1.807, 2.05) is 48.5 Å². The van der Waals surface area contributed by atoms with Crippen molar-refractivity contribution in [2.75, 3.05) is 27.9 Å². The number of carbonyl (C=O) groups excluding carboxylic acids is 2. The quantitative estimate of drug-likeness (QED) is 0.274. The van der Waals surface area contributed by atoms with Crippen LogP contribution in [0.1, 0.15) is 21.5 Å². The van der Waals surface area contributed by atoms with Gasteiger partial charge in [0.1, 0.15) is 12.4 Å². The first kappa shape index (κ1) is 26.6. The largest absolute Gasteiger partial charge is 0.493 e. The zero-order valence-electron chi connectivity index (χ0n) is 20.0. The molecule has 3 aromatic rings. The molecule has 0 spiro atoms. The molecule has 0 radical (unpaired) electrons. The minimum atomic E-state index is -0.506. The number of benzene rings is 3. The van der Waals surface area contributed by atoms with Crippen LogP contribution in [-0.4, -0.2) is 45.9 Å². The lowest BCUT2D eigenvalue weighted by Gasteiger charge is -2.14. The standard InChI is InChI=1S/C26H26BrN3O6/c1-33-22-12-18(13-23(34-2)25(22)35-3)26(32)28-15-24(31)30-29-14-19-11-20(27)9-10-21(19)36-16-17-7-5-4-6-8-17/h4-14H,15-16H2,1-3H3,(H,28,32)(H,30,31). The number of methoxy groups -OCH3 is 3. The highest BCUT2D eigenvalue weighted by Crippen LogP contribution is 2.38. The molecule has 36 heavy (non-hydrogen) atoms. The van der Waals surface area contributed by atoms with Crippen LogP contribution in [0.2, 0.25) is 0 Å². The first-order valence-corrected chi connectivity index (χ1v) is 11.6. The maximum atomic E-state index is 12.5. The highest BCUT2D eigenvalue weighted by atomic mass is 79.9. The molecule has 3 aromatic carbocycles. The second kappa shape index (κ2) is 13.1. The summed E-state index contributed by atoms with van der Waals surface area (Å²) in [5, 5.41) is 6.53. The lowest BCUT2D eigenvalue weighted by atomic mass is 10.1. The molecule has 3 rings (SSSR count). The first-order valence-electron chi connectivity index (χ1n) is 10.8. The van der Waals surface area contributed by atoms with Crippen LogP contribution >= 0.6 is 15.9 Å². The Kier molecular flexibility index (Phi) is 9.70. The van der Waals surface area contributed by atoms with Gasteiger partial charge in [-0.2, -0.15) is 5.10 Å². The van der Waals surface area contributed by atoms with E-state index in [1.165, 1.54) is 39.7 Å². The Morgan fingerprint density at radius 2 is 1.61 bits per heavy atom. The number of hydrogen-bond donors (Lipinski definition) is 2. The first-order chi connectivity index (χ1) is 17.4. The van der Waals surface area contributed by atoms with Gasteiger partial charge in [-0.15, -0.1) is 0 Å². The normalized spacial score (nSPS) is 10.6. The smallest absolute Gasteiger partial charge is 0.259 e. The van der Waals surface area contributed by atoms with Crippen LogP contribution in [0.4, 0.5) is 0 Å². The summed E-state index contributed by atoms with van der Waals surface area (Å²) in [4.78, 5) is 24.8. The minimum absolute atomic E-state index is 0.246. The van der Waals surface area contributed by atoms with E-state index in [1.54, 1.807) is 0 Å². The second-order valence-electron chi connectivity index (χ2n) is 7.35.